The molecule has 0 radical (unpaired) electrons. The molecule has 0 bridgehead atoms. The van der Waals surface area contributed by atoms with Crippen molar-refractivity contribution in [2.75, 3.05) is 30.9 Å². The molecular weight excluding hydrogens is 442 g/mol. The highest BCUT2D eigenvalue weighted by Crippen LogP contribution is 2.23. The number of ketones is 1. The Labute approximate surface area is 208 Å². The molecule has 9 heteroatoms. The highest BCUT2D eigenvalue weighted by molar-refractivity contribution is 5.77. The van der Waals surface area contributed by atoms with Gasteiger partial charge in [-0.3, -0.25) is 9.20 Å². The van der Waals surface area contributed by atoms with Crippen LogP contribution in [0.1, 0.15) is 58.4 Å². The molecule has 2 N–H and O–H groups in total. The maximum Gasteiger partial charge on any atom is 0.182 e. The van der Waals surface area contributed by atoms with Crippen molar-refractivity contribution in [3.05, 3.63) is 36.2 Å². The van der Waals surface area contributed by atoms with E-state index in [1.807, 2.05) is 22.7 Å². The van der Waals surface area contributed by atoms with Crippen LogP contribution >= 0.6 is 0 Å². The number of nitrogens with zero attached hydrogens (tertiary/aromatic N) is 5. The molecule has 1 unspecified atom stereocenters. The Kier molecular flexibility index (Phi) is 11.6. The van der Waals surface area contributed by atoms with Crippen LogP contribution in [-0.2, 0) is 9.53 Å². The topological polar surface area (TPSA) is 117 Å². The second kappa shape index (κ2) is 14.7. The molecule has 1 atom stereocenters. The first kappa shape index (κ1) is 27.7. The highest BCUT2D eigenvalue weighted by Gasteiger charge is 2.14. The van der Waals surface area contributed by atoms with Crippen LogP contribution in [0.3, 0.4) is 0 Å². The SMILES string of the molecule is CC(=O)CC#N.CCCCC(CC)Nc1cc(NCCOC)nc(-c2cnc3ccc(C)cn23)n1. The summed E-state index contributed by atoms with van der Waals surface area (Å²) in [5.74, 6) is 2.19. The second-order valence-electron chi connectivity index (χ2n) is 8.39. The minimum absolute atomic E-state index is 0.0417. The molecule has 3 aromatic rings. The van der Waals surface area contributed by atoms with Gasteiger partial charge >= 0.3 is 0 Å². The Morgan fingerprint density at radius 2 is 2.03 bits per heavy atom. The van der Waals surface area contributed by atoms with Crippen molar-refractivity contribution in [1.29, 1.82) is 5.26 Å². The number of pyridine rings is 1. The molecule has 3 aromatic heterocycles. The number of rotatable bonds is 12. The number of hydrogen-bond acceptors (Lipinski definition) is 8. The largest absolute Gasteiger partial charge is 0.383 e. The predicted octanol–water partition coefficient (Wildman–Crippen LogP) is 5.03. The molecule has 0 aliphatic carbocycles. The Bertz CT molecular complexity index is 1120. The molecule has 0 spiro atoms. The molecule has 3 heterocycles. The molecule has 0 fully saturated rings. The molecule has 9 nitrogen and oxygen atoms in total. The number of unbranched alkanes of at least 4 members (excludes halogenated alkanes) is 1. The van der Waals surface area contributed by atoms with Crippen LogP contribution in [-0.4, -0.2) is 51.4 Å². The number of nitriles is 1. The van der Waals surface area contributed by atoms with Gasteiger partial charge in [0.25, 0.3) is 0 Å². The molecule has 0 amide bonds. The fourth-order valence-electron chi connectivity index (χ4n) is 3.41. The van der Waals surface area contributed by atoms with Crippen molar-refractivity contribution in [3.8, 4) is 17.6 Å². The third kappa shape index (κ3) is 8.98. The maximum atomic E-state index is 9.82. The maximum absolute atomic E-state index is 9.82. The fourth-order valence-corrected chi connectivity index (χ4v) is 3.41. The summed E-state index contributed by atoms with van der Waals surface area (Å²) < 4.78 is 7.20. The second-order valence-corrected chi connectivity index (χ2v) is 8.39. The molecule has 188 valence electrons. The molecule has 3 rings (SSSR count). The van der Waals surface area contributed by atoms with Crippen molar-refractivity contribution < 1.29 is 9.53 Å². The Hall–Kier alpha value is -3.51. The zero-order chi connectivity index (χ0) is 25.6. The van der Waals surface area contributed by atoms with Crippen LogP contribution in [0.15, 0.2) is 30.6 Å². The Balaban J connectivity index is 0.000000641. The number of fused-ring (bicyclic) bond motifs is 1. The predicted molar refractivity (Wildman–Crippen MR) is 139 cm³/mol. The highest BCUT2D eigenvalue weighted by atomic mass is 16.5. The average Bonchev–Trinajstić information content (AvgIpc) is 3.25. The van der Waals surface area contributed by atoms with E-state index in [2.05, 4.69) is 48.7 Å². The smallest absolute Gasteiger partial charge is 0.182 e. The van der Waals surface area contributed by atoms with Crippen molar-refractivity contribution in [3.63, 3.8) is 0 Å². The minimum Gasteiger partial charge on any atom is -0.383 e. The van der Waals surface area contributed by atoms with E-state index in [-0.39, 0.29) is 12.2 Å². The first-order valence-electron chi connectivity index (χ1n) is 12.1. The van der Waals surface area contributed by atoms with Crippen molar-refractivity contribution in [2.45, 2.75) is 65.8 Å². The van der Waals surface area contributed by atoms with E-state index in [1.165, 1.54) is 19.8 Å². The van der Waals surface area contributed by atoms with Gasteiger partial charge in [0, 0.05) is 32.0 Å². The van der Waals surface area contributed by atoms with E-state index in [9.17, 15) is 4.79 Å². The summed E-state index contributed by atoms with van der Waals surface area (Å²) in [6.45, 7) is 9.19. The van der Waals surface area contributed by atoms with Gasteiger partial charge in [0.05, 0.1) is 25.3 Å². The summed E-state index contributed by atoms with van der Waals surface area (Å²) in [5, 5.41) is 14.7. The number of ether oxygens (including phenoxy) is 1. The lowest BCUT2D eigenvalue weighted by atomic mass is 10.1. The molecule has 0 saturated heterocycles. The Morgan fingerprint density at radius 1 is 1.26 bits per heavy atom. The first-order valence-corrected chi connectivity index (χ1v) is 12.1. The third-order valence-corrected chi connectivity index (χ3v) is 5.30. The van der Waals surface area contributed by atoms with Gasteiger partial charge in [0.1, 0.15) is 28.8 Å². The molecule has 0 saturated carbocycles. The number of hydrogen-bond donors (Lipinski definition) is 2. The van der Waals surface area contributed by atoms with Crippen LogP contribution in [0.25, 0.3) is 17.2 Å². The third-order valence-electron chi connectivity index (χ3n) is 5.30. The van der Waals surface area contributed by atoms with Crippen molar-refractivity contribution in [1.82, 2.24) is 19.4 Å². The fraction of sp³-hybridized carbons (Fsp3) is 0.500. The summed E-state index contributed by atoms with van der Waals surface area (Å²) in [5.41, 5.74) is 2.93. The number of anilines is 2. The molecule has 0 aromatic carbocycles. The van der Waals surface area contributed by atoms with Crippen LogP contribution in [0.2, 0.25) is 0 Å². The molecule has 0 aliphatic rings. The molecule has 0 aliphatic heterocycles. The van der Waals surface area contributed by atoms with Gasteiger partial charge < -0.3 is 15.4 Å². The number of nitrogens with one attached hydrogen (secondary N) is 2. The molecular formula is C26H37N7O2. The number of Topliss-reactive ketones (excluding diaryl/α,β-unsaturated/α-hetero) is 1. The average molecular weight is 480 g/mol. The van der Waals surface area contributed by atoms with E-state index >= 15 is 0 Å². The van der Waals surface area contributed by atoms with E-state index in [0.29, 0.717) is 25.0 Å². The molecule has 35 heavy (non-hydrogen) atoms. The van der Waals surface area contributed by atoms with Gasteiger partial charge in [-0.05, 0) is 38.3 Å². The quantitative estimate of drug-likeness (QED) is 0.347. The number of imidazole rings is 1. The van der Waals surface area contributed by atoms with Gasteiger partial charge in [-0.25, -0.2) is 15.0 Å². The number of carbonyl (C=O) groups excluding carboxylic acids is 1. The lowest BCUT2D eigenvalue weighted by Crippen LogP contribution is -2.20. The summed E-state index contributed by atoms with van der Waals surface area (Å²) in [7, 11) is 1.69. The Morgan fingerprint density at radius 3 is 2.66 bits per heavy atom. The van der Waals surface area contributed by atoms with Crippen LogP contribution in [0.5, 0.6) is 0 Å². The van der Waals surface area contributed by atoms with Crippen molar-refractivity contribution >= 4 is 23.1 Å². The summed E-state index contributed by atoms with van der Waals surface area (Å²) in [4.78, 5) is 23.9. The van der Waals surface area contributed by atoms with Gasteiger partial charge in [-0.1, -0.05) is 32.8 Å². The van der Waals surface area contributed by atoms with E-state index < -0.39 is 0 Å². The monoisotopic (exact) mass is 479 g/mol. The van der Waals surface area contributed by atoms with Crippen LogP contribution in [0, 0.1) is 18.3 Å². The lowest BCUT2D eigenvalue weighted by molar-refractivity contribution is -0.116. The zero-order valence-electron chi connectivity index (χ0n) is 21.5. The van der Waals surface area contributed by atoms with Crippen LogP contribution in [0.4, 0.5) is 11.6 Å². The first-order chi connectivity index (χ1) is 16.9. The van der Waals surface area contributed by atoms with Crippen molar-refractivity contribution in [2.24, 2.45) is 0 Å². The number of aromatic nitrogens is 4. The standard InChI is InChI=1S/C22H32N6O.C4H5NO/c1-5-7-8-17(6-2)25-20-13-19(23-11-12-29-4)26-22(27-20)18-14-24-21-10-9-16(3)15-28(18)21;1-4(6)2-3-5/h9-10,13-15,17H,5-8,11-12H2,1-4H3,(H2,23,25,26,27);2H2,1H3. The lowest BCUT2D eigenvalue weighted by Gasteiger charge is -2.18. The van der Waals surface area contributed by atoms with Gasteiger partial charge in [0.15, 0.2) is 5.82 Å². The van der Waals surface area contributed by atoms with Gasteiger partial charge in [-0.15, -0.1) is 0 Å². The normalized spacial score (nSPS) is 11.3. The number of carbonyl (C=O) groups is 1. The van der Waals surface area contributed by atoms with Gasteiger partial charge in [0.2, 0.25) is 0 Å². The van der Waals surface area contributed by atoms with E-state index in [0.717, 1.165) is 41.4 Å². The zero-order valence-corrected chi connectivity index (χ0v) is 21.5. The summed E-state index contributed by atoms with van der Waals surface area (Å²) in [6.07, 6.45) is 8.53. The van der Waals surface area contributed by atoms with E-state index in [1.54, 1.807) is 13.2 Å². The van der Waals surface area contributed by atoms with Gasteiger partial charge in [-0.2, -0.15) is 5.26 Å². The summed E-state index contributed by atoms with van der Waals surface area (Å²) in [6, 6.07) is 8.16. The summed E-state index contributed by atoms with van der Waals surface area (Å²) >= 11 is 0. The number of methoxy groups -OCH3 is 1. The van der Waals surface area contributed by atoms with Crippen LogP contribution < -0.4 is 10.6 Å². The van der Waals surface area contributed by atoms with E-state index in [4.69, 9.17) is 20.0 Å². The minimum atomic E-state index is -0.0718. The number of aryl methyl sites for hydroxylation is 1.